The van der Waals surface area contributed by atoms with E-state index in [2.05, 4.69) is 10.3 Å². The maximum atomic E-state index is 13.9. The number of carbonyl (C=O) groups is 1. The maximum Gasteiger partial charge on any atom is 0.233 e. The molecular weight excluding hydrogens is 312 g/mol. The lowest BCUT2D eigenvalue weighted by Gasteiger charge is -2.16. The largest absolute Gasteiger partial charge is 0.329 e. The quantitative estimate of drug-likeness (QED) is 0.773. The lowest BCUT2D eigenvalue weighted by Crippen LogP contribution is -2.28. The third-order valence-corrected chi connectivity index (χ3v) is 3.80. The van der Waals surface area contributed by atoms with Gasteiger partial charge in [-0.3, -0.25) is 9.78 Å². The average Bonchev–Trinajstić information content (AvgIpc) is 2.57. The van der Waals surface area contributed by atoms with Crippen molar-refractivity contribution in [2.24, 2.45) is 5.73 Å². The zero-order chi connectivity index (χ0) is 17.1. The molecule has 0 aliphatic carbocycles. The molecule has 0 radical (unpaired) electrons. The van der Waals surface area contributed by atoms with E-state index < -0.39 is 23.5 Å². The van der Waals surface area contributed by atoms with Gasteiger partial charge in [-0.25, -0.2) is 8.78 Å². The maximum absolute atomic E-state index is 13.9. The minimum absolute atomic E-state index is 0.0707. The summed E-state index contributed by atoms with van der Waals surface area (Å²) in [6, 6.07) is 10.3. The van der Waals surface area contributed by atoms with Gasteiger partial charge in [-0.05, 0) is 29.7 Å². The van der Waals surface area contributed by atoms with Crippen molar-refractivity contribution >= 4 is 22.4 Å². The number of fused-ring (bicyclic) bond motifs is 1. The predicted molar refractivity (Wildman–Crippen MR) is 88.5 cm³/mol. The summed E-state index contributed by atoms with van der Waals surface area (Å²) in [6.45, 7) is -0.0914. The molecule has 122 valence electrons. The lowest BCUT2D eigenvalue weighted by molar-refractivity contribution is -0.117. The first-order valence-corrected chi connectivity index (χ1v) is 7.38. The summed E-state index contributed by atoms with van der Waals surface area (Å²) >= 11 is 0. The fraction of sp³-hybridized carbons (Fsp3) is 0.111. The Balaban J connectivity index is 1.85. The zero-order valence-electron chi connectivity index (χ0n) is 12.7. The highest BCUT2D eigenvalue weighted by molar-refractivity contribution is 5.98. The summed E-state index contributed by atoms with van der Waals surface area (Å²) in [7, 11) is 0. The van der Waals surface area contributed by atoms with E-state index >= 15 is 0 Å². The smallest absolute Gasteiger partial charge is 0.233 e. The summed E-state index contributed by atoms with van der Waals surface area (Å²) in [5, 5.41) is 4.58. The number of amides is 1. The number of nitrogens with one attached hydrogen (secondary N) is 1. The van der Waals surface area contributed by atoms with E-state index in [0.29, 0.717) is 5.69 Å². The number of pyridine rings is 1. The monoisotopic (exact) mass is 327 g/mol. The van der Waals surface area contributed by atoms with Gasteiger partial charge in [0.05, 0.1) is 5.92 Å². The van der Waals surface area contributed by atoms with Crippen molar-refractivity contribution < 1.29 is 13.6 Å². The van der Waals surface area contributed by atoms with E-state index in [1.165, 1.54) is 6.07 Å². The molecule has 0 saturated heterocycles. The second kappa shape index (κ2) is 6.72. The SMILES string of the molecule is NCC(C(=O)Nc1ccc2cnccc2c1)c1ccc(F)cc1F. The van der Waals surface area contributed by atoms with Crippen LogP contribution in [0.3, 0.4) is 0 Å². The van der Waals surface area contributed by atoms with Crippen LogP contribution in [-0.4, -0.2) is 17.4 Å². The van der Waals surface area contributed by atoms with Crippen LogP contribution in [0.1, 0.15) is 11.5 Å². The third kappa shape index (κ3) is 3.23. The van der Waals surface area contributed by atoms with E-state index in [1.54, 1.807) is 24.5 Å². The molecular formula is C18H15F2N3O. The molecule has 0 bridgehead atoms. The van der Waals surface area contributed by atoms with Gasteiger partial charge < -0.3 is 11.1 Å². The van der Waals surface area contributed by atoms with Crippen molar-refractivity contribution in [1.29, 1.82) is 0 Å². The van der Waals surface area contributed by atoms with Gasteiger partial charge in [0.1, 0.15) is 11.6 Å². The molecule has 0 saturated carbocycles. The molecule has 3 rings (SSSR count). The molecule has 3 N–H and O–H groups in total. The van der Waals surface area contributed by atoms with Crippen LogP contribution in [0.2, 0.25) is 0 Å². The van der Waals surface area contributed by atoms with Gasteiger partial charge >= 0.3 is 0 Å². The molecule has 6 heteroatoms. The molecule has 1 heterocycles. The number of anilines is 1. The van der Waals surface area contributed by atoms with E-state index in [1.807, 2.05) is 12.1 Å². The lowest BCUT2D eigenvalue weighted by atomic mass is 9.97. The summed E-state index contributed by atoms with van der Waals surface area (Å²) in [4.78, 5) is 16.5. The van der Waals surface area contributed by atoms with Gasteiger partial charge in [0, 0.05) is 41.6 Å². The molecule has 4 nitrogen and oxygen atoms in total. The Kier molecular flexibility index (Phi) is 4.48. The molecule has 2 aromatic carbocycles. The van der Waals surface area contributed by atoms with Crippen molar-refractivity contribution in [3.8, 4) is 0 Å². The Morgan fingerprint density at radius 1 is 1.12 bits per heavy atom. The van der Waals surface area contributed by atoms with Gasteiger partial charge in [-0.1, -0.05) is 12.1 Å². The third-order valence-electron chi connectivity index (χ3n) is 3.80. The van der Waals surface area contributed by atoms with Crippen LogP contribution in [0.15, 0.2) is 54.9 Å². The number of nitrogens with two attached hydrogens (primary N) is 1. The van der Waals surface area contributed by atoms with E-state index in [4.69, 9.17) is 5.73 Å². The van der Waals surface area contributed by atoms with Crippen LogP contribution >= 0.6 is 0 Å². The minimum Gasteiger partial charge on any atom is -0.329 e. The Morgan fingerprint density at radius 3 is 2.71 bits per heavy atom. The number of hydrogen-bond donors (Lipinski definition) is 2. The van der Waals surface area contributed by atoms with Crippen LogP contribution < -0.4 is 11.1 Å². The van der Waals surface area contributed by atoms with Crippen molar-refractivity contribution in [2.75, 3.05) is 11.9 Å². The minimum atomic E-state index is -0.904. The number of hydrogen-bond acceptors (Lipinski definition) is 3. The number of rotatable bonds is 4. The molecule has 3 aromatic rings. The second-order valence-electron chi connectivity index (χ2n) is 5.38. The van der Waals surface area contributed by atoms with Crippen LogP contribution in [-0.2, 0) is 4.79 Å². The summed E-state index contributed by atoms with van der Waals surface area (Å²) in [6.07, 6.45) is 3.38. The van der Waals surface area contributed by atoms with Crippen LogP contribution in [0.25, 0.3) is 10.8 Å². The summed E-state index contributed by atoms with van der Waals surface area (Å²) in [5.74, 6) is -2.84. The van der Waals surface area contributed by atoms with E-state index in [-0.39, 0.29) is 12.1 Å². The van der Waals surface area contributed by atoms with Crippen molar-refractivity contribution in [2.45, 2.75) is 5.92 Å². The molecule has 0 aliphatic heterocycles. The predicted octanol–water partition coefficient (Wildman–Crippen LogP) is 3.19. The standard InChI is InChI=1S/C18H15F2N3O/c19-13-2-4-15(17(20)8-13)16(9-21)18(24)23-14-3-1-12-10-22-6-5-11(12)7-14/h1-8,10,16H,9,21H2,(H,23,24). The first-order chi connectivity index (χ1) is 11.6. The van der Waals surface area contributed by atoms with Crippen molar-refractivity contribution in [3.05, 3.63) is 72.1 Å². The van der Waals surface area contributed by atoms with Gasteiger partial charge in [-0.2, -0.15) is 0 Å². The van der Waals surface area contributed by atoms with Crippen LogP contribution in [0.4, 0.5) is 14.5 Å². The number of carbonyl (C=O) groups excluding carboxylic acids is 1. The first-order valence-electron chi connectivity index (χ1n) is 7.38. The molecule has 0 spiro atoms. The Morgan fingerprint density at radius 2 is 1.96 bits per heavy atom. The summed E-state index contributed by atoms with van der Waals surface area (Å²) in [5.41, 5.74) is 6.27. The highest BCUT2D eigenvalue weighted by Crippen LogP contribution is 2.23. The normalized spacial score (nSPS) is 12.1. The van der Waals surface area contributed by atoms with E-state index in [9.17, 15) is 13.6 Å². The average molecular weight is 327 g/mol. The first kappa shape index (κ1) is 16.0. The Hall–Kier alpha value is -2.86. The van der Waals surface area contributed by atoms with Crippen molar-refractivity contribution in [3.63, 3.8) is 0 Å². The molecule has 1 amide bonds. The Bertz CT molecular complexity index is 898. The van der Waals surface area contributed by atoms with Crippen LogP contribution in [0, 0.1) is 11.6 Å². The van der Waals surface area contributed by atoms with Crippen molar-refractivity contribution in [1.82, 2.24) is 4.98 Å². The number of benzene rings is 2. The van der Waals surface area contributed by atoms with Gasteiger partial charge in [-0.15, -0.1) is 0 Å². The number of aromatic nitrogens is 1. The zero-order valence-corrected chi connectivity index (χ0v) is 12.7. The highest BCUT2D eigenvalue weighted by atomic mass is 19.1. The second-order valence-corrected chi connectivity index (χ2v) is 5.38. The molecule has 1 unspecified atom stereocenters. The fourth-order valence-corrected chi connectivity index (χ4v) is 2.55. The Labute approximate surface area is 137 Å². The van der Waals surface area contributed by atoms with Crippen LogP contribution in [0.5, 0.6) is 0 Å². The van der Waals surface area contributed by atoms with Gasteiger partial charge in [0.15, 0.2) is 0 Å². The molecule has 0 fully saturated rings. The molecule has 24 heavy (non-hydrogen) atoms. The highest BCUT2D eigenvalue weighted by Gasteiger charge is 2.22. The fourth-order valence-electron chi connectivity index (χ4n) is 2.55. The molecule has 0 aliphatic rings. The van der Waals surface area contributed by atoms with Gasteiger partial charge in [0.2, 0.25) is 5.91 Å². The number of nitrogens with zero attached hydrogens (tertiary/aromatic N) is 1. The molecule has 1 aromatic heterocycles. The topological polar surface area (TPSA) is 68.0 Å². The number of halogens is 2. The summed E-state index contributed by atoms with van der Waals surface area (Å²) < 4.78 is 26.9. The molecule has 1 atom stereocenters. The van der Waals surface area contributed by atoms with E-state index in [0.717, 1.165) is 22.9 Å². The van der Waals surface area contributed by atoms with Gasteiger partial charge in [0.25, 0.3) is 0 Å².